The van der Waals surface area contributed by atoms with Crippen LogP contribution in [0.15, 0.2) is 56.1 Å². The number of aromatic nitrogens is 4. The maximum Gasteiger partial charge on any atom is 0.350 e. The zero-order valence-electron chi connectivity index (χ0n) is 21.9. The fourth-order valence-electron chi connectivity index (χ4n) is 4.50. The summed E-state index contributed by atoms with van der Waals surface area (Å²) in [6, 6.07) is 6.51. The van der Waals surface area contributed by atoms with Crippen LogP contribution in [-0.2, 0) is 33.3 Å². The van der Waals surface area contributed by atoms with E-state index in [4.69, 9.17) is 35.0 Å². The van der Waals surface area contributed by atoms with Crippen LogP contribution < -0.4 is 5.63 Å². The Morgan fingerprint density at radius 3 is 2.56 bits per heavy atom. The summed E-state index contributed by atoms with van der Waals surface area (Å²) >= 11 is 7.12. The highest BCUT2D eigenvalue weighted by Gasteiger charge is 2.50. The molecule has 15 heteroatoms. The lowest BCUT2D eigenvalue weighted by Gasteiger charge is -2.24. The van der Waals surface area contributed by atoms with Gasteiger partial charge in [-0.2, -0.15) is 0 Å². The van der Waals surface area contributed by atoms with E-state index in [-0.39, 0.29) is 23.3 Å². The first-order valence-corrected chi connectivity index (χ1v) is 13.5. The Bertz CT molecular complexity index is 1710. The molecule has 1 aliphatic heterocycles. The van der Waals surface area contributed by atoms with Crippen molar-refractivity contribution in [2.45, 2.75) is 49.3 Å². The number of imidazole rings is 1. The van der Waals surface area contributed by atoms with Crippen molar-refractivity contribution >= 4 is 63.4 Å². The van der Waals surface area contributed by atoms with E-state index in [2.05, 4.69) is 15.0 Å². The van der Waals surface area contributed by atoms with Crippen molar-refractivity contribution in [3.8, 4) is 0 Å². The first-order valence-electron chi connectivity index (χ1n) is 12.3. The number of nitrogens with zero attached hydrogens (tertiary/aromatic N) is 4. The molecule has 0 radical (unpaired) electrons. The first kappa shape index (κ1) is 28.5. The van der Waals surface area contributed by atoms with Crippen LogP contribution >= 0.6 is 23.4 Å². The summed E-state index contributed by atoms with van der Waals surface area (Å²) in [5.74, 6) is -2.51. The minimum Gasteiger partial charge on any atom is -0.465 e. The number of carbonyl (C=O) groups excluding carboxylic acids is 3. The number of fused-ring (bicyclic) bond motifs is 2. The third-order valence-corrected chi connectivity index (χ3v) is 7.35. The third kappa shape index (κ3) is 6.19. The summed E-state index contributed by atoms with van der Waals surface area (Å²) in [7, 11) is 0. The molecule has 13 nitrogen and oxygen atoms in total. The van der Waals surface area contributed by atoms with Crippen LogP contribution in [0.1, 0.15) is 27.0 Å². The summed E-state index contributed by atoms with van der Waals surface area (Å²) in [5.41, 5.74) is 0.471. The average Bonchev–Trinajstić information content (AvgIpc) is 3.43. The van der Waals surface area contributed by atoms with Crippen molar-refractivity contribution in [2.75, 3.05) is 13.2 Å². The molecule has 0 aliphatic carbocycles. The second-order valence-electron chi connectivity index (χ2n) is 9.09. The van der Waals surface area contributed by atoms with Crippen LogP contribution in [0.5, 0.6) is 0 Å². The molecule has 0 saturated carbocycles. The van der Waals surface area contributed by atoms with E-state index in [1.807, 2.05) is 0 Å². The predicted octanol–water partition coefficient (Wildman–Crippen LogP) is 3.31. The van der Waals surface area contributed by atoms with Crippen molar-refractivity contribution < 1.29 is 37.7 Å². The van der Waals surface area contributed by atoms with Crippen LogP contribution in [0.2, 0.25) is 5.02 Å². The molecule has 214 valence electrons. The van der Waals surface area contributed by atoms with Gasteiger partial charge in [0.1, 0.15) is 54.0 Å². The quantitative estimate of drug-likeness (QED) is 0.164. The van der Waals surface area contributed by atoms with Crippen LogP contribution in [0.25, 0.3) is 22.1 Å². The Kier molecular flexibility index (Phi) is 8.24. The molecule has 0 N–H and O–H groups in total. The SMILES string of the molecule is CC(=O)OC[C@@H]1[C@H](OC(C)=O)[C@@H](COC(C)=O)O[C@H]1n1c(Sc2cc3cc(Cl)ccc3oc2=O)nc2cncnc21. The van der Waals surface area contributed by atoms with Crippen molar-refractivity contribution in [3.05, 3.63) is 52.2 Å². The van der Waals surface area contributed by atoms with Gasteiger partial charge in [-0.15, -0.1) is 0 Å². The summed E-state index contributed by atoms with van der Waals surface area (Å²) < 4.78 is 29.5. The van der Waals surface area contributed by atoms with Gasteiger partial charge >= 0.3 is 23.5 Å². The number of hydrogen-bond donors (Lipinski definition) is 0. The summed E-state index contributed by atoms with van der Waals surface area (Å²) in [5, 5.41) is 1.33. The molecule has 5 rings (SSSR count). The highest BCUT2D eigenvalue weighted by molar-refractivity contribution is 7.99. The summed E-state index contributed by atoms with van der Waals surface area (Å²) in [4.78, 5) is 61.5. The fraction of sp³-hybridized carbons (Fsp3) is 0.346. The number of rotatable bonds is 8. The molecule has 1 aliphatic rings. The maximum absolute atomic E-state index is 12.9. The van der Waals surface area contributed by atoms with Gasteiger partial charge < -0.3 is 23.4 Å². The van der Waals surface area contributed by atoms with Gasteiger partial charge in [0.15, 0.2) is 10.8 Å². The first-order chi connectivity index (χ1) is 19.6. The smallest absolute Gasteiger partial charge is 0.350 e. The Hall–Kier alpha value is -4.01. The van der Waals surface area contributed by atoms with Gasteiger partial charge in [0.2, 0.25) is 0 Å². The number of benzene rings is 1. The highest BCUT2D eigenvalue weighted by atomic mass is 35.5. The number of carbonyl (C=O) groups is 3. The molecule has 0 amide bonds. The maximum atomic E-state index is 12.9. The topological polar surface area (TPSA) is 162 Å². The summed E-state index contributed by atoms with van der Waals surface area (Å²) in [6.07, 6.45) is -0.0677. The van der Waals surface area contributed by atoms with E-state index in [1.165, 1.54) is 33.3 Å². The largest absolute Gasteiger partial charge is 0.465 e. The van der Waals surface area contributed by atoms with E-state index in [0.717, 1.165) is 11.8 Å². The van der Waals surface area contributed by atoms with E-state index in [1.54, 1.807) is 28.8 Å². The van der Waals surface area contributed by atoms with E-state index in [0.29, 0.717) is 27.2 Å². The lowest BCUT2D eigenvalue weighted by Crippen LogP contribution is -2.37. The van der Waals surface area contributed by atoms with Crippen LogP contribution in [0, 0.1) is 5.92 Å². The predicted molar refractivity (Wildman–Crippen MR) is 143 cm³/mol. The molecular weight excluding hydrogens is 580 g/mol. The molecule has 0 unspecified atom stereocenters. The number of ether oxygens (including phenoxy) is 4. The summed E-state index contributed by atoms with van der Waals surface area (Å²) in [6.45, 7) is 3.26. The molecule has 3 aromatic heterocycles. The lowest BCUT2D eigenvalue weighted by atomic mass is 10.00. The molecule has 41 heavy (non-hydrogen) atoms. The molecule has 1 saturated heterocycles. The van der Waals surface area contributed by atoms with Crippen molar-refractivity contribution in [2.24, 2.45) is 5.92 Å². The van der Waals surface area contributed by atoms with E-state index < -0.39 is 47.9 Å². The minimum absolute atomic E-state index is 0.201. The zero-order valence-corrected chi connectivity index (χ0v) is 23.5. The van der Waals surface area contributed by atoms with Crippen LogP contribution in [0.4, 0.5) is 0 Å². The fourth-order valence-corrected chi connectivity index (χ4v) is 5.62. The Balaban J connectivity index is 1.62. The standard InChI is InChI=1S/C26H23ClN4O9S/c1-12(32)36-9-17-22(38-14(3)34)20(10-37-13(2)33)39-24(17)31-23-18(8-28-11-29-23)30-26(31)41-21-7-15-6-16(27)4-5-19(15)40-25(21)35/h4-8,11,17,20,22,24H,9-10H2,1-3H3/t17-,20-,22+,24-/m1/s1. The molecule has 4 heterocycles. The molecule has 1 fully saturated rings. The van der Waals surface area contributed by atoms with Gasteiger partial charge in [-0.1, -0.05) is 11.6 Å². The van der Waals surface area contributed by atoms with Crippen LogP contribution in [-0.4, -0.2) is 62.8 Å². The molecule has 0 spiro atoms. The normalized spacial score (nSPS) is 20.3. The molecule has 4 aromatic rings. The van der Waals surface area contributed by atoms with Crippen LogP contribution in [0.3, 0.4) is 0 Å². The van der Waals surface area contributed by atoms with E-state index in [9.17, 15) is 19.2 Å². The number of hydrogen-bond acceptors (Lipinski definition) is 13. The van der Waals surface area contributed by atoms with Crippen molar-refractivity contribution in [1.29, 1.82) is 0 Å². The molecular formula is C26H23ClN4O9S. The van der Waals surface area contributed by atoms with Gasteiger partial charge in [-0.3, -0.25) is 19.0 Å². The second-order valence-corrected chi connectivity index (χ2v) is 10.5. The second kappa shape index (κ2) is 11.8. The van der Waals surface area contributed by atoms with Gasteiger partial charge in [0.05, 0.1) is 12.1 Å². The van der Waals surface area contributed by atoms with Crippen molar-refractivity contribution in [1.82, 2.24) is 19.5 Å². The average molecular weight is 603 g/mol. The molecule has 1 aromatic carbocycles. The monoisotopic (exact) mass is 602 g/mol. The third-order valence-electron chi connectivity index (χ3n) is 6.14. The molecule has 4 atom stereocenters. The number of esters is 3. The molecule has 0 bridgehead atoms. The van der Waals surface area contributed by atoms with Gasteiger partial charge in [-0.25, -0.2) is 19.7 Å². The Morgan fingerprint density at radius 2 is 1.83 bits per heavy atom. The Morgan fingerprint density at radius 1 is 1.07 bits per heavy atom. The highest BCUT2D eigenvalue weighted by Crippen LogP contribution is 2.42. The zero-order chi connectivity index (χ0) is 29.3. The van der Waals surface area contributed by atoms with Gasteiger partial charge in [0.25, 0.3) is 0 Å². The van der Waals surface area contributed by atoms with Gasteiger partial charge in [-0.05, 0) is 36.0 Å². The minimum atomic E-state index is -0.983. The van der Waals surface area contributed by atoms with Gasteiger partial charge in [0, 0.05) is 31.2 Å². The number of halogens is 1. The Labute approximate surface area is 241 Å². The van der Waals surface area contributed by atoms with Crippen molar-refractivity contribution in [3.63, 3.8) is 0 Å². The lowest BCUT2D eigenvalue weighted by molar-refractivity contribution is -0.156. The van der Waals surface area contributed by atoms with E-state index >= 15 is 0 Å².